The van der Waals surface area contributed by atoms with E-state index >= 15 is 0 Å². The van der Waals surface area contributed by atoms with E-state index < -0.39 is 0 Å². The Morgan fingerprint density at radius 2 is 2.06 bits per heavy atom. The molecule has 2 heterocycles. The molecule has 0 aliphatic heterocycles. The van der Waals surface area contributed by atoms with E-state index in [1.807, 2.05) is 11.3 Å². The van der Waals surface area contributed by atoms with Gasteiger partial charge in [-0.15, -0.1) is 11.3 Å². The molecule has 0 amide bonds. The molecule has 16 heavy (non-hydrogen) atoms. The van der Waals surface area contributed by atoms with Crippen molar-refractivity contribution in [3.05, 3.63) is 21.4 Å². The van der Waals surface area contributed by atoms with Crippen molar-refractivity contribution in [1.29, 1.82) is 0 Å². The third-order valence-corrected chi connectivity index (χ3v) is 4.94. The van der Waals surface area contributed by atoms with E-state index in [0.717, 1.165) is 22.5 Å². The van der Waals surface area contributed by atoms with Gasteiger partial charge >= 0.3 is 0 Å². The smallest absolute Gasteiger partial charge is 0.141 e. The van der Waals surface area contributed by atoms with Crippen LogP contribution in [0.15, 0.2) is 0 Å². The van der Waals surface area contributed by atoms with Crippen LogP contribution in [-0.4, -0.2) is 9.97 Å². The molecule has 2 aliphatic rings. The number of hydrogen-bond acceptors (Lipinski definition) is 3. The normalized spacial score (nSPS) is 19.3. The van der Waals surface area contributed by atoms with Crippen LogP contribution in [0, 0.1) is 0 Å². The zero-order valence-electron chi connectivity index (χ0n) is 8.79. The van der Waals surface area contributed by atoms with Gasteiger partial charge in [0.25, 0.3) is 0 Å². The van der Waals surface area contributed by atoms with Gasteiger partial charge in [-0.2, -0.15) is 0 Å². The monoisotopic (exact) mass is 250 g/mol. The lowest BCUT2D eigenvalue weighted by atomic mass is 10.2. The highest BCUT2D eigenvalue weighted by Gasteiger charge is 2.29. The molecule has 1 fully saturated rings. The number of fused-ring (bicyclic) bond motifs is 3. The molecule has 0 aromatic carbocycles. The second-order valence-electron chi connectivity index (χ2n) is 4.68. The molecule has 2 aliphatic carbocycles. The summed E-state index contributed by atoms with van der Waals surface area (Å²) in [5.41, 5.74) is 1.42. The standard InChI is InChI=1S/C12H11ClN2S/c13-10-9-7-2-1-3-8(7)16-12(9)15-11(14-10)6-4-5-6/h6H,1-5H2. The first-order valence-corrected chi connectivity index (χ1v) is 7.00. The van der Waals surface area contributed by atoms with Gasteiger partial charge in [-0.1, -0.05) is 11.6 Å². The van der Waals surface area contributed by atoms with Crippen molar-refractivity contribution in [1.82, 2.24) is 9.97 Å². The summed E-state index contributed by atoms with van der Waals surface area (Å²) < 4.78 is 0. The molecule has 0 saturated heterocycles. The van der Waals surface area contributed by atoms with Gasteiger partial charge in [0.1, 0.15) is 15.8 Å². The molecular weight excluding hydrogens is 240 g/mol. The number of hydrogen-bond donors (Lipinski definition) is 0. The average molecular weight is 251 g/mol. The number of thiophene rings is 1. The molecular formula is C12H11ClN2S. The van der Waals surface area contributed by atoms with Gasteiger partial charge in [0.2, 0.25) is 0 Å². The maximum Gasteiger partial charge on any atom is 0.141 e. The van der Waals surface area contributed by atoms with Gasteiger partial charge in [-0.25, -0.2) is 9.97 Å². The Bertz CT molecular complexity index is 586. The number of rotatable bonds is 1. The van der Waals surface area contributed by atoms with Crippen LogP contribution in [0.1, 0.15) is 41.4 Å². The van der Waals surface area contributed by atoms with E-state index in [2.05, 4.69) is 9.97 Å². The molecule has 2 aromatic heterocycles. The summed E-state index contributed by atoms with van der Waals surface area (Å²) in [6.45, 7) is 0. The molecule has 0 bridgehead atoms. The quantitative estimate of drug-likeness (QED) is 0.721. The SMILES string of the molecule is Clc1nc(C2CC2)nc2sc3c(c12)CCC3. The summed E-state index contributed by atoms with van der Waals surface area (Å²) in [7, 11) is 0. The summed E-state index contributed by atoms with van der Waals surface area (Å²) in [6.07, 6.45) is 6.07. The van der Waals surface area contributed by atoms with Crippen molar-refractivity contribution < 1.29 is 0 Å². The van der Waals surface area contributed by atoms with Crippen LogP contribution in [0.25, 0.3) is 10.2 Å². The minimum absolute atomic E-state index is 0.582. The molecule has 1 saturated carbocycles. The second-order valence-corrected chi connectivity index (χ2v) is 6.13. The van der Waals surface area contributed by atoms with Crippen molar-refractivity contribution in [2.45, 2.75) is 38.0 Å². The van der Waals surface area contributed by atoms with Gasteiger partial charge in [-0.05, 0) is 37.7 Å². The fourth-order valence-electron chi connectivity index (χ4n) is 2.49. The Balaban J connectivity index is 2.01. The summed E-state index contributed by atoms with van der Waals surface area (Å²) in [6, 6.07) is 0. The lowest BCUT2D eigenvalue weighted by molar-refractivity contribution is 0.914. The van der Waals surface area contributed by atoms with E-state index in [1.54, 1.807) is 0 Å². The summed E-state index contributed by atoms with van der Waals surface area (Å²) in [5, 5.41) is 1.83. The van der Waals surface area contributed by atoms with E-state index in [0.29, 0.717) is 11.1 Å². The molecule has 0 N–H and O–H groups in total. The van der Waals surface area contributed by atoms with Gasteiger partial charge in [0.15, 0.2) is 0 Å². The molecule has 2 nitrogen and oxygen atoms in total. The van der Waals surface area contributed by atoms with Crippen molar-refractivity contribution in [3.8, 4) is 0 Å². The molecule has 2 aromatic rings. The fourth-order valence-corrected chi connectivity index (χ4v) is 4.11. The third-order valence-electron chi connectivity index (χ3n) is 3.48. The highest BCUT2D eigenvalue weighted by Crippen LogP contribution is 2.43. The number of nitrogens with zero attached hydrogens (tertiary/aromatic N) is 2. The molecule has 82 valence electrons. The highest BCUT2D eigenvalue weighted by atomic mass is 35.5. The van der Waals surface area contributed by atoms with Crippen LogP contribution in [0.3, 0.4) is 0 Å². The summed E-state index contributed by atoms with van der Waals surface area (Å²) in [5.74, 6) is 1.55. The van der Waals surface area contributed by atoms with Crippen molar-refractivity contribution >= 4 is 33.2 Å². The Kier molecular flexibility index (Phi) is 1.86. The van der Waals surface area contributed by atoms with Crippen LogP contribution in [0.2, 0.25) is 5.15 Å². The number of aromatic nitrogens is 2. The maximum atomic E-state index is 6.31. The molecule has 0 unspecified atom stereocenters. The molecule has 0 spiro atoms. The van der Waals surface area contributed by atoms with Crippen molar-refractivity contribution in [3.63, 3.8) is 0 Å². The van der Waals surface area contributed by atoms with Gasteiger partial charge in [0.05, 0.1) is 5.39 Å². The molecule has 4 heteroatoms. The molecule has 0 radical (unpaired) electrons. The summed E-state index contributed by atoms with van der Waals surface area (Å²) >= 11 is 8.14. The van der Waals surface area contributed by atoms with E-state index in [4.69, 9.17) is 11.6 Å². The lowest BCUT2D eigenvalue weighted by Gasteiger charge is -2.00. The number of aryl methyl sites for hydroxylation is 2. The largest absolute Gasteiger partial charge is 0.222 e. The van der Waals surface area contributed by atoms with Crippen LogP contribution in [0.4, 0.5) is 0 Å². The predicted octanol–water partition coefficient (Wildman–Crippen LogP) is 3.71. The van der Waals surface area contributed by atoms with E-state index in [-0.39, 0.29) is 0 Å². The predicted molar refractivity (Wildman–Crippen MR) is 66.4 cm³/mol. The van der Waals surface area contributed by atoms with Gasteiger partial charge in [-0.3, -0.25) is 0 Å². The van der Waals surface area contributed by atoms with Crippen molar-refractivity contribution in [2.75, 3.05) is 0 Å². The minimum Gasteiger partial charge on any atom is -0.222 e. The van der Waals surface area contributed by atoms with Crippen LogP contribution >= 0.6 is 22.9 Å². The van der Waals surface area contributed by atoms with Gasteiger partial charge in [0, 0.05) is 10.8 Å². The maximum absolute atomic E-state index is 6.31. The summed E-state index contributed by atoms with van der Waals surface area (Å²) in [4.78, 5) is 11.8. The van der Waals surface area contributed by atoms with Crippen LogP contribution in [-0.2, 0) is 12.8 Å². The third kappa shape index (κ3) is 1.25. The van der Waals surface area contributed by atoms with Crippen LogP contribution < -0.4 is 0 Å². The molecule has 4 rings (SSSR count). The zero-order valence-corrected chi connectivity index (χ0v) is 10.4. The zero-order chi connectivity index (χ0) is 10.7. The Labute approximate surface area is 103 Å². The van der Waals surface area contributed by atoms with E-state index in [9.17, 15) is 0 Å². The highest BCUT2D eigenvalue weighted by molar-refractivity contribution is 7.19. The molecule has 0 atom stereocenters. The average Bonchev–Trinajstić information content (AvgIpc) is 2.90. The Morgan fingerprint density at radius 1 is 1.19 bits per heavy atom. The van der Waals surface area contributed by atoms with Crippen molar-refractivity contribution in [2.24, 2.45) is 0 Å². The second kappa shape index (κ2) is 3.17. The first-order valence-electron chi connectivity index (χ1n) is 5.80. The number of halogens is 1. The lowest BCUT2D eigenvalue weighted by Crippen LogP contribution is -1.93. The Hall–Kier alpha value is -0.670. The van der Waals surface area contributed by atoms with Crippen LogP contribution in [0.5, 0.6) is 0 Å². The fraction of sp³-hybridized carbons (Fsp3) is 0.500. The first-order chi connectivity index (χ1) is 7.83. The van der Waals surface area contributed by atoms with E-state index in [1.165, 1.54) is 36.1 Å². The Morgan fingerprint density at radius 3 is 2.88 bits per heavy atom. The topological polar surface area (TPSA) is 25.8 Å². The van der Waals surface area contributed by atoms with Gasteiger partial charge < -0.3 is 0 Å². The minimum atomic E-state index is 0.582. The first kappa shape index (κ1) is 9.37.